The average Bonchev–Trinajstić information content (AvgIpc) is 3.56. The van der Waals surface area contributed by atoms with Gasteiger partial charge < -0.3 is 4.52 Å². The van der Waals surface area contributed by atoms with Crippen LogP contribution in [0.1, 0.15) is 35.1 Å². The smallest absolute Gasteiger partial charge is 0.313 e. The highest BCUT2D eigenvalue weighted by molar-refractivity contribution is 7.15. The Morgan fingerprint density at radius 3 is 2.70 bits per heavy atom. The van der Waals surface area contributed by atoms with Gasteiger partial charge in [-0.15, -0.1) is 11.3 Å². The number of amides is 1. The second-order valence-corrected chi connectivity index (χ2v) is 8.91. The number of pyridine rings is 2. The molecule has 166 valence electrons. The van der Waals surface area contributed by atoms with Crippen LogP contribution >= 0.6 is 11.3 Å². The molecular weight excluding hydrogens is 440 g/mol. The van der Waals surface area contributed by atoms with E-state index >= 15 is 0 Å². The van der Waals surface area contributed by atoms with Crippen LogP contribution in [0.25, 0.3) is 33.0 Å². The Bertz CT molecular complexity index is 1440. The molecule has 11 heteroatoms. The number of aromatic nitrogens is 6. The van der Waals surface area contributed by atoms with Crippen molar-refractivity contribution in [3.63, 3.8) is 0 Å². The van der Waals surface area contributed by atoms with Gasteiger partial charge in [-0.1, -0.05) is 5.16 Å². The number of hydrogen-bond donors (Lipinski definition) is 2. The number of nitrogens with zero attached hydrogens (tertiary/aromatic N) is 6. The summed E-state index contributed by atoms with van der Waals surface area (Å²) >= 11 is 1.62. The van der Waals surface area contributed by atoms with Crippen molar-refractivity contribution in [2.75, 3.05) is 5.43 Å². The molecule has 0 saturated carbocycles. The van der Waals surface area contributed by atoms with Crippen molar-refractivity contribution in [3.8, 4) is 22.0 Å². The highest BCUT2D eigenvalue weighted by Crippen LogP contribution is 2.30. The van der Waals surface area contributed by atoms with E-state index in [9.17, 15) is 4.79 Å². The van der Waals surface area contributed by atoms with E-state index in [2.05, 4.69) is 31.1 Å². The van der Waals surface area contributed by atoms with Crippen molar-refractivity contribution in [3.05, 3.63) is 59.4 Å². The molecule has 0 bridgehead atoms. The molecule has 0 saturated heterocycles. The number of nitrogens with one attached hydrogen (secondary N) is 2. The van der Waals surface area contributed by atoms with Crippen LogP contribution in [0.5, 0.6) is 0 Å². The van der Waals surface area contributed by atoms with Gasteiger partial charge in [-0.05, 0) is 51.1 Å². The van der Waals surface area contributed by atoms with Crippen molar-refractivity contribution in [2.24, 2.45) is 0 Å². The van der Waals surface area contributed by atoms with Gasteiger partial charge in [-0.2, -0.15) is 10.1 Å². The first-order valence-corrected chi connectivity index (χ1v) is 11.1. The first-order chi connectivity index (χ1) is 16.0. The van der Waals surface area contributed by atoms with Gasteiger partial charge in [0.25, 0.3) is 5.91 Å². The molecule has 5 rings (SSSR count). The summed E-state index contributed by atoms with van der Waals surface area (Å²) in [7, 11) is 0. The van der Waals surface area contributed by atoms with E-state index in [1.165, 1.54) is 4.88 Å². The number of aryl methyl sites for hydroxylation is 1. The fourth-order valence-corrected chi connectivity index (χ4v) is 4.18. The number of hydrogen-bond acceptors (Lipinski definition) is 9. The van der Waals surface area contributed by atoms with Crippen LogP contribution < -0.4 is 10.9 Å². The third kappa shape index (κ3) is 4.05. The topological polar surface area (TPSA) is 124 Å². The first kappa shape index (κ1) is 20.8. The number of carbonyl (C=O) groups excluding carboxylic acids is 1. The van der Waals surface area contributed by atoms with Crippen molar-refractivity contribution in [1.29, 1.82) is 0 Å². The van der Waals surface area contributed by atoms with Crippen molar-refractivity contribution in [1.82, 2.24) is 35.3 Å². The summed E-state index contributed by atoms with van der Waals surface area (Å²) in [6, 6.07) is 9.49. The maximum atomic E-state index is 13.1. The van der Waals surface area contributed by atoms with Crippen molar-refractivity contribution in [2.45, 2.75) is 26.8 Å². The molecule has 0 fully saturated rings. The maximum absolute atomic E-state index is 13.1. The highest BCUT2D eigenvalue weighted by atomic mass is 32.1. The molecule has 5 heterocycles. The largest absolute Gasteiger partial charge is 0.340 e. The summed E-state index contributed by atoms with van der Waals surface area (Å²) < 4.78 is 7.00. The predicted octanol–water partition coefficient (Wildman–Crippen LogP) is 4.25. The minimum atomic E-state index is -0.371. The molecule has 0 aliphatic rings. The van der Waals surface area contributed by atoms with Crippen molar-refractivity contribution < 1.29 is 9.32 Å². The lowest BCUT2D eigenvalue weighted by Crippen LogP contribution is -2.29. The quantitative estimate of drug-likeness (QED) is 0.361. The van der Waals surface area contributed by atoms with Crippen LogP contribution in [-0.4, -0.2) is 35.8 Å². The van der Waals surface area contributed by atoms with Gasteiger partial charge in [0.05, 0.1) is 27.7 Å². The van der Waals surface area contributed by atoms with Crippen LogP contribution in [0.2, 0.25) is 0 Å². The number of carbonyl (C=O) groups is 1. The molecule has 1 amide bonds. The summed E-state index contributed by atoms with van der Waals surface area (Å²) in [5.41, 5.74) is 7.88. The summed E-state index contributed by atoms with van der Waals surface area (Å²) in [6.07, 6.45) is 4.94. The minimum absolute atomic E-state index is 0.0624. The summed E-state index contributed by atoms with van der Waals surface area (Å²) in [4.78, 5) is 28.3. The molecule has 33 heavy (non-hydrogen) atoms. The number of anilines is 1. The summed E-state index contributed by atoms with van der Waals surface area (Å²) in [5.74, 6) is 0.0120. The molecular formula is C22H20N8O2S. The molecule has 0 aromatic carbocycles. The third-order valence-corrected chi connectivity index (χ3v) is 5.96. The van der Waals surface area contributed by atoms with E-state index in [0.717, 1.165) is 10.4 Å². The van der Waals surface area contributed by atoms with E-state index in [0.29, 0.717) is 28.1 Å². The van der Waals surface area contributed by atoms with Gasteiger partial charge >= 0.3 is 6.01 Å². The first-order valence-electron chi connectivity index (χ1n) is 10.2. The van der Waals surface area contributed by atoms with Gasteiger partial charge in [-0.25, -0.2) is 15.1 Å². The van der Waals surface area contributed by atoms with Gasteiger partial charge in [0.2, 0.25) is 5.82 Å². The van der Waals surface area contributed by atoms with Crippen LogP contribution in [-0.2, 0) is 0 Å². The van der Waals surface area contributed by atoms with Crippen molar-refractivity contribution >= 4 is 34.3 Å². The zero-order valence-corrected chi connectivity index (χ0v) is 18.9. The van der Waals surface area contributed by atoms with Gasteiger partial charge in [0, 0.05) is 28.9 Å². The van der Waals surface area contributed by atoms with E-state index in [-0.39, 0.29) is 18.0 Å². The molecule has 5 aromatic heterocycles. The molecule has 0 radical (unpaired) electrons. The molecule has 0 atom stereocenters. The second-order valence-electron chi connectivity index (χ2n) is 7.62. The minimum Gasteiger partial charge on any atom is -0.313 e. The van der Waals surface area contributed by atoms with E-state index in [1.54, 1.807) is 48.1 Å². The fraction of sp³-hybridized carbons (Fsp3) is 0.182. The Labute approximate surface area is 192 Å². The Morgan fingerprint density at radius 1 is 1.15 bits per heavy atom. The Balaban J connectivity index is 1.45. The zero-order chi connectivity index (χ0) is 22.9. The monoisotopic (exact) mass is 460 g/mol. The average molecular weight is 461 g/mol. The number of fused-ring (bicyclic) bond motifs is 1. The lowest BCUT2D eigenvalue weighted by Gasteiger charge is -2.10. The molecule has 10 nitrogen and oxygen atoms in total. The number of rotatable bonds is 6. The predicted molar refractivity (Wildman–Crippen MR) is 125 cm³/mol. The van der Waals surface area contributed by atoms with Gasteiger partial charge in [-0.3, -0.25) is 15.2 Å². The standard InChI is InChI=1S/C22H20N8O2S/c1-12(2)30-20-16(11-24-30)15(10-17(25-20)18-5-4-13(3)33-18)21(31)27-28-22-26-19(29-32-22)14-6-8-23-9-7-14/h4-12H,1-3H3,(H,27,31)(H,26,28,29). The van der Waals surface area contributed by atoms with Gasteiger partial charge in [0.1, 0.15) is 0 Å². The van der Waals surface area contributed by atoms with Crippen LogP contribution in [0.3, 0.4) is 0 Å². The maximum Gasteiger partial charge on any atom is 0.340 e. The second kappa shape index (κ2) is 8.43. The Morgan fingerprint density at radius 2 is 1.97 bits per heavy atom. The van der Waals surface area contributed by atoms with Crippen LogP contribution in [0.4, 0.5) is 6.01 Å². The van der Waals surface area contributed by atoms with Crippen LogP contribution in [0.15, 0.2) is 53.4 Å². The number of thiophene rings is 1. The zero-order valence-electron chi connectivity index (χ0n) is 18.1. The van der Waals surface area contributed by atoms with Gasteiger partial charge in [0.15, 0.2) is 5.65 Å². The lowest BCUT2D eigenvalue weighted by molar-refractivity contribution is 0.0962. The molecule has 0 aliphatic carbocycles. The molecule has 0 spiro atoms. The molecule has 0 unspecified atom stereocenters. The highest BCUT2D eigenvalue weighted by Gasteiger charge is 2.19. The van der Waals surface area contributed by atoms with E-state index < -0.39 is 0 Å². The Hall–Kier alpha value is -4.12. The normalized spacial score (nSPS) is 11.3. The third-order valence-electron chi connectivity index (χ3n) is 4.94. The molecule has 0 aliphatic heterocycles. The fourth-order valence-electron chi connectivity index (χ4n) is 3.35. The lowest BCUT2D eigenvalue weighted by atomic mass is 10.1. The van der Waals surface area contributed by atoms with Crippen LogP contribution in [0, 0.1) is 6.92 Å². The van der Waals surface area contributed by atoms with E-state index in [1.807, 2.05) is 37.6 Å². The summed E-state index contributed by atoms with van der Waals surface area (Å²) in [6.45, 7) is 6.08. The number of hydrazine groups is 1. The van der Waals surface area contributed by atoms with E-state index in [4.69, 9.17) is 9.51 Å². The summed E-state index contributed by atoms with van der Waals surface area (Å²) in [5, 5.41) is 9.02. The Kier molecular flexibility index (Phi) is 5.31. The molecule has 2 N–H and O–H groups in total. The SMILES string of the molecule is Cc1ccc(-c2cc(C(=O)NNc3nc(-c4ccncc4)no3)c3cnn(C(C)C)c3n2)s1. The molecule has 5 aromatic rings.